The molecule has 3 aromatic rings. The smallest absolute Gasteiger partial charge is 0.269 e. The molecule has 2 N–H and O–H groups in total. The summed E-state index contributed by atoms with van der Waals surface area (Å²) in [6.07, 6.45) is 4.71. The topological polar surface area (TPSA) is 114 Å². The molecule has 0 radical (unpaired) electrons. The number of hydrogen-bond acceptors (Lipinski definition) is 5. The monoisotopic (exact) mass is 416 g/mol. The van der Waals surface area contributed by atoms with Crippen molar-refractivity contribution in [1.29, 1.82) is 0 Å². The van der Waals surface area contributed by atoms with Gasteiger partial charge < -0.3 is 10.6 Å². The second kappa shape index (κ2) is 9.93. The van der Waals surface area contributed by atoms with Crippen molar-refractivity contribution >= 4 is 23.6 Å². The lowest BCUT2D eigenvalue weighted by molar-refractivity contribution is -0.384. The van der Waals surface area contributed by atoms with Gasteiger partial charge in [0, 0.05) is 36.6 Å². The van der Waals surface area contributed by atoms with E-state index in [0.717, 1.165) is 11.1 Å². The zero-order valence-electron chi connectivity index (χ0n) is 16.7. The summed E-state index contributed by atoms with van der Waals surface area (Å²) in [5, 5.41) is 16.2. The molecule has 3 rings (SSSR count). The van der Waals surface area contributed by atoms with Gasteiger partial charge in [-0.15, -0.1) is 0 Å². The number of carbonyl (C=O) groups is 2. The molecular weight excluding hydrogens is 396 g/mol. The minimum atomic E-state index is -0.505. The van der Waals surface area contributed by atoms with E-state index in [9.17, 15) is 19.7 Å². The van der Waals surface area contributed by atoms with Gasteiger partial charge in [-0.25, -0.2) is 0 Å². The van der Waals surface area contributed by atoms with E-state index in [1.807, 2.05) is 6.92 Å². The number of aromatic nitrogens is 1. The van der Waals surface area contributed by atoms with E-state index in [0.29, 0.717) is 11.1 Å². The van der Waals surface area contributed by atoms with E-state index >= 15 is 0 Å². The van der Waals surface area contributed by atoms with Crippen LogP contribution in [-0.2, 0) is 11.3 Å². The van der Waals surface area contributed by atoms with Crippen molar-refractivity contribution in [3.8, 4) is 0 Å². The van der Waals surface area contributed by atoms with Crippen LogP contribution in [0.5, 0.6) is 0 Å². The molecule has 1 aromatic heterocycles. The fourth-order valence-corrected chi connectivity index (χ4v) is 2.69. The number of nitrogens with zero attached hydrogens (tertiary/aromatic N) is 2. The SMILES string of the molecule is Cc1ccc(C(=O)N/C(=C\c2ccc([N+](=O)[O-])cc2)C(=O)NCc2ccncc2)cc1. The van der Waals surface area contributed by atoms with Gasteiger partial charge in [-0.05, 0) is 60.5 Å². The second-order valence-electron chi connectivity index (χ2n) is 6.76. The maximum Gasteiger partial charge on any atom is 0.269 e. The molecule has 0 bridgehead atoms. The molecule has 0 unspecified atom stereocenters. The minimum absolute atomic E-state index is 0.0217. The molecule has 2 aromatic carbocycles. The van der Waals surface area contributed by atoms with Crippen LogP contribution in [-0.4, -0.2) is 21.7 Å². The summed E-state index contributed by atoms with van der Waals surface area (Å²) < 4.78 is 0. The van der Waals surface area contributed by atoms with Crippen molar-refractivity contribution in [2.45, 2.75) is 13.5 Å². The Morgan fingerprint density at radius 3 is 2.26 bits per heavy atom. The Balaban J connectivity index is 1.82. The fourth-order valence-electron chi connectivity index (χ4n) is 2.69. The van der Waals surface area contributed by atoms with Crippen LogP contribution < -0.4 is 10.6 Å². The molecule has 8 nitrogen and oxygen atoms in total. The molecule has 0 aliphatic carbocycles. The highest BCUT2D eigenvalue weighted by molar-refractivity contribution is 6.05. The molecule has 8 heteroatoms. The third-order valence-corrected chi connectivity index (χ3v) is 4.42. The van der Waals surface area contributed by atoms with Gasteiger partial charge in [-0.2, -0.15) is 0 Å². The molecule has 0 spiro atoms. The summed E-state index contributed by atoms with van der Waals surface area (Å²) in [5.41, 5.74) is 2.75. The number of nitro groups is 1. The van der Waals surface area contributed by atoms with Gasteiger partial charge in [0.2, 0.25) is 0 Å². The van der Waals surface area contributed by atoms with Crippen molar-refractivity contribution in [3.05, 3.63) is 111 Å². The lowest BCUT2D eigenvalue weighted by Crippen LogP contribution is -2.34. The highest BCUT2D eigenvalue weighted by Crippen LogP contribution is 2.14. The first-order chi connectivity index (χ1) is 14.9. The first kappa shape index (κ1) is 21.4. The number of amides is 2. The molecule has 156 valence electrons. The van der Waals surface area contributed by atoms with Gasteiger partial charge >= 0.3 is 0 Å². The van der Waals surface area contributed by atoms with E-state index < -0.39 is 16.7 Å². The van der Waals surface area contributed by atoms with Crippen molar-refractivity contribution in [3.63, 3.8) is 0 Å². The summed E-state index contributed by atoms with van der Waals surface area (Å²) in [6, 6.07) is 16.2. The number of hydrogen-bond donors (Lipinski definition) is 2. The molecule has 0 fully saturated rings. The lowest BCUT2D eigenvalue weighted by atomic mass is 10.1. The second-order valence-corrected chi connectivity index (χ2v) is 6.76. The highest BCUT2D eigenvalue weighted by atomic mass is 16.6. The molecule has 0 saturated carbocycles. The minimum Gasteiger partial charge on any atom is -0.347 e. The van der Waals surface area contributed by atoms with Crippen LogP contribution in [0.2, 0.25) is 0 Å². The first-order valence-electron chi connectivity index (χ1n) is 9.43. The predicted molar refractivity (Wildman–Crippen MR) is 116 cm³/mol. The Hall–Kier alpha value is -4.33. The highest BCUT2D eigenvalue weighted by Gasteiger charge is 2.15. The van der Waals surface area contributed by atoms with Crippen LogP contribution in [0.3, 0.4) is 0 Å². The summed E-state index contributed by atoms with van der Waals surface area (Å²) in [6.45, 7) is 2.16. The predicted octanol–water partition coefficient (Wildman–Crippen LogP) is 3.39. The van der Waals surface area contributed by atoms with E-state index in [1.54, 1.807) is 48.8 Å². The van der Waals surface area contributed by atoms with Crippen LogP contribution in [0.15, 0.2) is 78.8 Å². The zero-order valence-corrected chi connectivity index (χ0v) is 16.7. The molecule has 0 aliphatic rings. The number of carbonyl (C=O) groups excluding carboxylic acids is 2. The number of pyridine rings is 1. The first-order valence-corrected chi connectivity index (χ1v) is 9.43. The van der Waals surface area contributed by atoms with Gasteiger partial charge in [0.1, 0.15) is 5.70 Å². The van der Waals surface area contributed by atoms with E-state index in [1.165, 1.54) is 30.3 Å². The Morgan fingerprint density at radius 1 is 1.00 bits per heavy atom. The normalized spacial score (nSPS) is 10.9. The van der Waals surface area contributed by atoms with Gasteiger partial charge in [-0.3, -0.25) is 24.7 Å². The third-order valence-electron chi connectivity index (χ3n) is 4.42. The average Bonchev–Trinajstić information content (AvgIpc) is 2.78. The Morgan fingerprint density at radius 2 is 1.65 bits per heavy atom. The quantitative estimate of drug-likeness (QED) is 0.348. The van der Waals surface area contributed by atoms with Crippen molar-refractivity contribution < 1.29 is 14.5 Å². The Labute approximate surface area is 178 Å². The average molecular weight is 416 g/mol. The summed E-state index contributed by atoms with van der Waals surface area (Å²) in [7, 11) is 0. The standard InChI is InChI=1S/C23H20N4O4/c1-16-2-6-19(7-3-16)22(28)26-21(14-17-4-8-20(9-5-17)27(30)31)23(29)25-15-18-10-12-24-13-11-18/h2-14H,15H2,1H3,(H,25,29)(H,26,28)/b21-14-. The van der Waals surface area contributed by atoms with Crippen molar-refractivity contribution in [2.24, 2.45) is 0 Å². The maximum absolute atomic E-state index is 12.8. The summed E-state index contributed by atoms with van der Waals surface area (Å²) in [4.78, 5) is 39.7. The van der Waals surface area contributed by atoms with Crippen LogP contribution in [0.4, 0.5) is 5.69 Å². The lowest BCUT2D eigenvalue weighted by Gasteiger charge is -2.11. The number of non-ortho nitro benzene ring substituents is 1. The molecule has 0 aliphatic heterocycles. The van der Waals surface area contributed by atoms with Crippen LogP contribution in [0.25, 0.3) is 6.08 Å². The molecule has 31 heavy (non-hydrogen) atoms. The number of nitrogens with one attached hydrogen (secondary N) is 2. The number of rotatable bonds is 7. The van der Waals surface area contributed by atoms with E-state index in [4.69, 9.17) is 0 Å². The van der Waals surface area contributed by atoms with Crippen molar-refractivity contribution in [1.82, 2.24) is 15.6 Å². The molecule has 1 heterocycles. The molecule has 2 amide bonds. The van der Waals surface area contributed by atoms with E-state index in [-0.39, 0.29) is 17.9 Å². The maximum atomic E-state index is 12.8. The zero-order chi connectivity index (χ0) is 22.2. The van der Waals surface area contributed by atoms with Gasteiger partial charge in [0.15, 0.2) is 0 Å². The Kier molecular flexibility index (Phi) is 6.85. The van der Waals surface area contributed by atoms with Gasteiger partial charge in [0.05, 0.1) is 4.92 Å². The fraction of sp³-hybridized carbons (Fsp3) is 0.0870. The third kappa shape index (κ3) is 6.07. The number of aryl methyl sites for hydroxylation is 1. The largest absolute Gasteiger partial charge is 0.347 e. The molecule has 0 atom stereocenters. The molecule has 0 saturated heterocycles. The van der Waals surface area contributed by atoms with Crippen LogP contribution in [0, 0.1) is 17.0 Å². The summed E-state index contributed by atoms with van der Waals surface area (Å²) >= 11 is 0. The summed E-state index contributed by atoms with van der Waals surface area (Å²) in [5.74, 6) is -0.928. The van der Waals surface area contributed by atoms with Gasteiger partial charge in [0.25, 0.3) is 17.5 Å². The van der Waals surface area contributed by atoms with Crippen LogP contribution >= 0.6 is 0 Å². The van der Waals surface area contributed by atoms with Crippen LogP contribution in [0.1, 0.15) is 27.0 Å². The number of benzene rings is 2. The molecular formula is C23H20N4O4. The number of nitro benzene ring substituents is 1. The Bertz CT molecular complexity index is 1110. The van der Waals surface area contributed by atoms with Crippen molar-refractivity contribution in [2.75, 3.05) is 0 Å². The van der Waals surface area contributed by atoms with Gasteiger partial charge in [-0.1, -0.05) is 17.7 Å². The van der Waals surface area contributed by atoms with E-state index in [2.05, 4.69) is 15.6 Å².